The zero-order chi connectivity index (χ0) is 13.8. The third kappa shape index (κ3) is 3.54. The molecule has 1 heterocycles. The van der Waals surface area contributed by atoms with Crippen molar-refractivity contribution in [1.82, 2.24) is 5.01 Å². The lowest BCUT2D eigenvalue weighted by Crippen LogP contribution is -2.22. The number of hydrogen-bond acceptors (Lipinski definition) is 5. The minimum atomic E-state index is -0.0893. The molecular formula is C13H14N2O2S2. The summed E-state index contributed by atoms with van der Waals surface area (Å²) in [6, 6.07) is 7.56. The summed E-state index contributed by atoms with van der Waals surface area (Å²) in [5.41, 5.74) is 0.823. The van der Waals surface area contributed by atoms with E-state index in [-0.39, 0.29) is 12.0 Å². The summed E-state index contributed by atoms with van der Waals surface area (Å²) in [7, 11) is 0. The number of nitrogens with zero attached hydrogens (tertiary/aromatic N) is 2. The van der Waals surface area contributed by atoms with Gasteiger partial charge in [-0.15, -0.1) is 0 Å². The number of thioether (sulfide) groups is 1. The fourth-order valence-electron chi connectivity index (χ4n) is 1.53. The second-order valence-electron chi connectivity index (χ2n) is 4.21. The van der Waals surface area contributed by atoms with Crippen molar-refractivity contribution in [3.63, 3.8) is 0 Å². The van der Waals surface area contributed by atoms with Gasteiger partial charge in [0.1, 0.15) is 5.75 Å². The molecule has 1 saturated heterocycles. The van der Waals surface area contributed by atoms with Gasteiger partial charge < -0.3 is 4.74 Å². The number of benzene rings is 1. The van der Waals surface area contributed by atoms with Crippen molar-refractivity contribution in [2.75, 3.05) is 5.75 Å². The Morgan fingerprint density at radius 3 is 2.84 bits per heavy atom. The minimum absolute atomic E-state index is 0.0830. The van der Waals surface area contributed by atoms with E-state index in [0.29, 0.717) is 10.1 Å². The maximum Gasteiger partial charge on any atom is 0.259 e. The second kappa shape index (κ2) is 6.16. The molecule has 0 spiro atoms. The van der Waals surface area contributed by atoms with Crippen LogP contribution in [0, 0.1) is 0 Å². The van der Waals surface area contributed by atoms with Gasteiger partial charge in [-0.2, -0.15) is 10.1 Å². The maximum atomic E-state index is 11.5. The largest absolute Gasteiger partial charge is 0.490 e. The minimum Gasteiger partial charge on any atom is -0.490 e. The normalized spacial score (nSPS) is 15.8. The molecule has 1 amide bonds. The van der Waals surface area contributed by atoms with Gasteiger partial charge in [-0.25, -0.2) is 0 Å². The Hall–Kier alpha value is -1.40. The molecule has 0 aliphatic carbocycles. The van der Waals surface area contributed by atoms with E-state index >= 15 is 0 Å². The maximum absolute atomic E-state index is 11.5. The van der Waals surface area contributed by atoms with Gasteiger partial charge in [0.05, 0.1) is 18.1 Å². The molecule has 1 aromatic rings. The molecular weight excluding hydrogens is 280 g/mol. The van der Waals surface area contributed by atoms with Gasteiger partial charge in [0.15, 0.2) is 4.32 Å². The Morgan fingerprint density at radius 1 is 1.47 bits per heavy atom. The van der Waals surface area contributed by atoms with Crippen LogP contribution in [0.3, 0.4) is 0 Å². The molecule has 100 valence electrons. The molecule has 4 nitrogen and oxygen atoms in total. The monoisotopic (exact) mass is 294 g/mol. The Balaban J connectivity index is 2.18. The Kier molecular flexibility index (Phi) is 4.55. The van der Waals surface area contributed by atoms with Crippen molar-refractivity contribution >= 4 is 40.4 Å². The summed E-state index contributed by atoms with van der Waals surface area (Å²) < 4.78 is 6.17. The van der Waals surface area contributed by atoms with E-state index in [9.17, 15) is 4.79 Å². The van der Waals surface area contributed by atoms with Gasteiger partial charge in [0.25, 0.3) is 5.91 Å². The van der Waals surface area contributed by atoms with E-state index < -0.39 is 0 Å². The van der Waals surface area contributed by atoms with Gasteiger partial charge in [0, 0.05) is 5.56 Å². The van der Waals surface area contributed by atoms with Crippen molar-refractivity contribution in [3.05, 3.63) is 29.8 Å². The third-order valence-corrected chi connectivity index (χ3v) is 3.66. The molecule has 0 atom stereocenters. The van der Waals surface area contributed by atoms with Crippen LogP contribution in [-0.4, -0.2) is 33.3 Å². The van der Waals surface area contributed by atoms with Crippen LogP contribution in [0.1, 0.15) is 19.4 Å². The predicted molar refractivity (Wildman–Crippen MR) is 81.7 cm³/mol. The fourth-order valence-corrected chi connectivity index (χ4v) is 2.49. The first-order chi connectivity index (χ1) is 9.08. The highest BCUT2D eigenvalue weighted by Gasteiger charge is 2.26. The first kappa shape index (κ1) is 14.0. The van der Waals surface area contributed by atoms with Crippen molar-refractivity contribution in [1.29, 1.82) is 0 Å². The van der Waals surface area contributed by atoms with E-state index in [0.717, 1.165) is 11.3 Å². The zero-order valence-corrected chi connectivity index (χ0v) is 12.3. The standard InChI is InChI=1S/C13H14N2O2S2/c1-9(2)17-11-6-4-3-5-10(11)7-14-15-12(16)8-19-13(15)18/h3-7,9H,8H2,1-2H3/b14-7-. The number of hydrogen-bond donors (Lipinski definition) is 0. The van der Waals surface area contributed by atoms with Crippen LogP contribution >= 0.6 is 24.0 Å². The van der Waals surface area contributed by atoms with Crippen LogP contribution in [0.4, 0.5) is 0 Å². The molecule has 0 aromatic heterocycles. The highest BCUT2D eigenvalue weighted by atomic mass is 32.2. The molecule has 6 heteroatoms. The number of hydrazone groups is 1. The molecule has 0 saturated carbocycles. The SMILES string of the molecule is CC(C)Oc1ccccc1/C=N\N1C(=O)CSC1=S. The number of amides is 1. The topological polar surface area (TPSA) is 41.9 Å². The average molecular weight is 294 g/mol. The number of carbonyl (C=O) groups excluding carboxylic acids is 1. The lowest BCUT2D eigenvalue weighted by Gasteiger charge is -2.12. The smallest absolute Gasteiger partial charge is 0.259 e. The van der Waals surface area contributed by atoms with E-state index in [1.807, 2.05) is 38.1 Å². The zero-order valence-electron chi connectivity index (χ0n) is 10.7. The second-order valence-corrected chi connectivity index (χ2v) is 5.82. The van der Waals surface area contributed by atoms with Crippen LogP contribution in [0.2, 0.25) is 0 Å². The molecule has 0 unspecified atom stereocenters. The molecule has 1 fully saturated rings. The highest BCUT2D eigenvalue weighted by Crippen LogP contribution is 2.21. The molecule has 19 heavy (non-hydrogen) atoms. The summed E-state index contributed by atoms with van der Waals surface area (Å²) in [5, 5.41) is 5.40. The van der Waals surface area contributed by atoms with E-state index in [1.54, 1.807) is 6.21 Å². The van der Waals surface area contributed by atoms with Crippen molar-refractivity contribution < 1.29 is 9.53 Å². The number of ether oxygens (including phenoxy) is 1. The fraction of sp³-hybridized carbons (Fsp3) is 0.308. The molecule has 0 radical (unpaired) electrons. The molecule has 0 N–H and O–H groups in total. The molecule has 0 bridgehead atoms. The van der Waals surface area contributed by atoms with Gasteiger partial charge in [-0.3, -0.25) is 4.79 Å². The first-order valence-electron chi connectivity index (χ1n) is 5.87. The summed E-state index contributed by atoms with van der Waals surface area (Å²) in [5.74, 6) is 1.01. The highest BCUT2D eigenvalue weighted by molar-refractivity contribution is 8.23. The molecule has 1 aliphatic rings. The van der Waals surface area contributed by atoms with Crippen molar-refractivity contribution in [2.24, 2.45) is 5.10 Å². The first-order valence-corrected chi connectivity index (χ1v) is 7.26. The Labute approximate surface area is 121 Å². The van der Waals surface area contributed by atoms with Crippen LogP contribution in [0.5, 0.6) is 5.75 Å². The summed E-state index contributed by atoms with van der Waals surface area (Å²) in [4.78, 5) is 11.5. The van der Waals surface area contributed by atoms with Crippen LogP contribution < -0.4 is 4.74 Å². The van der Waals surface area contributed by atoms with Crippen molar-refractivity contribution in [3.8, 4) is 5.75 Å². The van der Waals surface area contributed by atoms with E-state index in [1.165, 1.54) is 16.8 Å². The molecule has 1 aliphatic heterocycles. The molecule has 2 rings (SSSR count). The third-order valence-electron chi connectivity index (χ3n) is 2.32. The van der Waals surface area contributed by atoms with Gasteiger partial charge in [0.2, 0.25) is 0 Å². The summed E-state index contributed by atoms with van der Waals surface area (Å²) in [6.45, 7) is 3.92. The van der Waals surface area contributed by atoms with Gasteiger partial charge >= 0.3 is 0 Å². The number of para-hydroxylation sites is 1. The van der Waals surface area contributed by atoms with Crippen LogP contribution in [0.15, 0.2) is 29.4 Å². The van der Waals surface area contributed by atoms with Crippen LogP contribution in [-0.2, 0) is 4.79 Å². The quantitative estimate of drug-likeness (QED) is 0.632. The lowest BCUT2D eigenvalue weighted by molar-refractivity contribution is -0.123. The van der Waals surface area contributed by atoms with E-state index in [2.05, 4.69) is 5.10 Å². The van der Waals surface area contributed by atoms with Gasteiger partial charge in [-0.05, 0) is 26.0 Å². The number of carbonyl (C=O) groups is 1. The molecule has 1 aromatic carbocycles. The van der Waals surface area contributed by atoms with Crippen LogP contribution in [0.25, 0.3) is 0 Å². The number of rotatable bonds is 4. The Bertz CT molecular complexity index is 513. The van der Waals surface area contributed by atoms with Gasteiger partial charge in [-0.1, -0.05) is 36.1 Å². The predicted octanol–water partition coefficient (Wildman–Crippen LogP) is 2.67. The Morgan fingerprint density at radius 2 is 2.21 bits per heavy atom. The summed E-state index contributed by atoms with van der Waals surface area (Å²) in [6.07, 6.45) is 1.69. The number of thiocarbonyl (C=S) groups is 1. The average Bonchev–Trinajstić information content (AvgIpc) is 2.68. The summed E-state index contributed by atoms with van der Waals surface area (Å²) >= 11 is 6.39. The van der Waals surface area contributed by atoms with E-state index in [4.69, 9.17) is 17.0 Å². The van der Waals surface area contributed by atoms with Crippen molar-refractivity contribution in [2.45, 2.75) is 20.0 Å². The lowest BCUT2D eigenvalue weighted by atomic mass is 10.2.